The lowest BCUT2D eigenvalue weighted by Gasteiger charge is -2.09. The number of hydrogen-bond acceptors (Lipinski definition) is 4. The van der Waals surface area contributed by atoms with Gasteiger partial charge in [0.15, 0.2) is 6.10 Å². The topological polar surface area (TPSA) is 98.7 Å². The lowest BCUT2D eigenvalue weighted by atomic mass is 10.2. The quantitative estimate of drug-likeness (QED) is 0.608. The molecule has 1 aromatic heterocycles. The van der Waals surface area contributed by atoms with Crippen LogP contribution in [0.5, 0.6) is 0 Å². The zero-order valence-electron chi connectivity index (χ0n) is 9.97. The van der Waals surface area contributed by atoms with Crippen LogP contribution in [-0.2, 0) is 17.8 Å². The van der Waals surface area contributed by atoms with Crippen molar-refractivity contribution in [1.29, 1.82) is 0 Å². The molecule has 0 fully saturated rings. The third kappa shape index (κ3) is 4.34. The summed E-state index contributed by atoms with van der Waals surface area (Å²) in [5.41, 5.74) is 1.19. The van der Waals surface area contributed by atoms with Gasteiger partial charge in [0.05, 0.1) is 13.1 Å². The molecule has 0 spiro atoms. The van der Waals surface area contributed by atoms with Crippen molar-refractivity contribution in [2.45, 2.75) is 26.0 Å². The molecule has 0 aliphatic rings. The van der Waals surface area contributed by atoms with Crippen LogP contribution in [0.15, 0.2) is 11.4 Å². The molecule has 0 aliphatic carbocycles. The number of carboxylic acids is 1. The van der Waals surface area contributed by atoms with Gasteiger partial charge in [-0.05, 0) is 23.4 Å². The standard InChI is InChI=1S/C11H16N2O4S/c1-2-7-3-4-18-9(7)6-13-11(17)12-5-8(14)10(15)16/h3-4,8,14H,2,5-6H2,1H3,(H,15,16)(H2,12,13,17)/t8-/m0/s1. The number of rotatable bonds is 6. The maximum Gasteiger partial charge on any atom is 0.334 e. The molecule has 18 heavy (non-hydrogen) atoms. The van der Waals surface area contributed by atoms with Gasteiger partial charge in [0.25, 0.3) is 0 Å². The van der Waals surface area contributed by atoms with Crippen LogP contribution < -0.4 is 10.6 Å². The highest BCUT2D eigenvalue weighted by Gasteiger charge is 2.14. The Morgan fingerprint density at radius 2 is 2.17 bits per heavy atom. The number of hydrogen-bond donors (Lipinski definition) is 4. The molecule has 0 saturated carbocycles. The van der Waals surface area contributed by atoms with E-state index in [9.17, 15) is 9.59 Å². The van der Waals surface area contributed by atoms with Gasteiger partial charge >= 0.3 is 12.0 Å². The van der Waals surface area contributed by atoms with E-state index in [0.29, 0.717) is 6.54 Å². The Bertz CT molecular complexity index is 419. The molecule has 0 saturated heterocycles. The number of amides is 2. The molecule has 0 bridgehead atoms. The zero-order valence-corrected chi connectivity index (χ0v) is 10.8. The van der Waals surface area contributed by atoms with E-state index in [0.717, 1.165) is 11.3 Å². The minimum absolute atomic E-state index is 0.313. The number of carbonyl (C=O) groups is 2. The lowest BCUT2D eigenvalue weighted by molar-refractivity contribution is -0.146. The van der Waals surface area contributed by atoms with Crippen LogP contribution in [0.1, 0.15) is 17.4 Å². The largest absolute Gasteiger partial charge is 0.479 e. The van der Waals surface area contributed by atoms with E-state index >= 15 is 0 Å². The summed E-state index contributed by atoms with van der Waals surface area (Å²) in [5.74, 6) is -1.36. The number of aliphatic hydroxyl groups excluding tert-OH is 1. The molecule has 0 aromatic carbocycles. The van der Waals surface area contributed by atoms with Crippen molar-refractivity contribution in [1.82, 2.24) is 10.6 Å². The molecule has 1 heterocycles. The van der Waals surface area contributed by atoms with Crippen molar-refractivity contribution in [3.63, 3.8) is 0 Å². The summed E-state index contributed by atoms with van der Waals surface area (Å²) in [6, 6.07) is 1.51. The first-order valence-electron chi connectivity index (χ1n) is 5.52. The van der Waals surface area contributed by atoms with Gasteiger partial charge in [-0.15, -0.1) is 11.3 Å². The van der Waals surface area contributed by atoms with E-state index in [1.807, 2.05) is 18.4 Å². The van der Waals surface area contributed by atoms with Gasteiger partial charge in [0.1, 0.15) is 0 Å². The summed E-state index contributed by atoms with van der Waals surface area (Å²) in [5, 5.41) is 24.3. The fourth-order valence-corrected chi connectivity index (χ4v) is 2.25. The normalized spacial score (nSPS) is 11.9. The highest BCUT2D eigenvalue weighted by molar-refractivity contribution is 7.10. The lowest BCUT2D eigenvalue weighted by Crippen LogP contribution is -2.41. The third-order valence-electron chi connectivity index (χ3n) is 2.37. The summed E-state index contributed by atoms with van der Waals surface area (Å²) in [6.07, 6.45) is -0.677. The van der Waals surface area contributed by atoms with E-state index in [4.69, 9.17) is 10.2 Å². The average Bonchev–Trinajstić information content (AvgIpc) is 2.80. The molecule has 6 nitrogen and oxygen atoms in total. The number of thiophene rings is 1. The summed E-state index contributed by atoms with van der Waals surface area (Å²) >= 11 is 1.56. The number of urea groups is 1. The van der Waals surface area contributed by atoms with Crippen LogP contribution in [-0.4, -0.2) is 34.9 Å². The molecule has 7 heteroatoms. The monoisotopic (exact) mass is 272 g/mol. The maximum atomic E-state index is 11.3. The van der Waals surface area contributed by atoms with E-state index in [-0.39, 0.29) is 6.54 Å². The van der Waals surface area contributed by atoms with Gasteiger partial charge in [-0.25, -0.2) is 9.59 Å². The molecule has 1 atom stereocenters. The first kappa shape index (κ1) is 14.5. The van der Waals surface area contributed by atoms with Gasteiger partial charge in [-0.2, -0.15) is 0 Å². The van der Waals surface area contributed by atoms with E-state index in [1.54, 1.807) is 11.3 Å². The second-order valence-electron chi connectivity index (χ2n) is 3.64. The van der Waals surface area contributed by atoms with Gasteiger partial charge in [0.2, 0.25) is 0 Å². The van der Waals surface area contributed by atoms with Gasteiger partial charge < -0.3 is 20.8 Å². The van der Waals surface area contributed by atoms with Crippen LogP contribution in [0.2, 0.25) is 0 Å². The molecule has 0 unspecified atom stereocenters. The molecular weight excluding hydrogens is 256 g/mol. The average molecular weight is 272 g/mol. The molecule has 4 N–H and O–H groups in total. The summed E-state index contributed by atoms with van der Waals surface area (Å²) in [4.78, 5) is 22.7. The maximum absolute atomic E-state index is 11.3. The first-order chi connectivity index (χ1) is 8.54. The molecule has 0 radical (unpaired) electrons. The Balaban J connectivity index is 2.31. The molecule has 0 aliphatic heterocycles. The summed E-state index contributed by atoms with van der Waals surface area (Å²) < 4.78 is 0. The fraction of sp³-hybridized carbons (Fsp3) is 0.455. The van der Waals surface area contributed by atoms with E-state index < -0.39 is 18.1 Å². The van der Waals surface area contributed by atoms with Crippen LogP contribution in [0.4, 0.5) is 4.79 Å². The molecular formula is C11H16N2O4S. The minimum atomic E-state index is -1.58. The smallest absolute Gasteiger partial charge is 0.334 e. The predicted molar refractivity (Wildman–Crippen MR) is 67.6 cm³/mol. The summed E-state index contributed by atoms with van der Waals surface area (Å²) in [6.45, 7) is 2.12. The Morgan fingerprint density at radius 3 is 2.78 bits per heavy atom. The van der Waals surface area contributed by atoms with Crippen molar-refractivity contribution >= 4 is 23.3 Å². The molecule has 2 amide bonds. The first-order valence-corrected chi connectivity index (χ1v) is 6.40. The molecule has 1 aromatic rings. The van der Waals surface area contributed by atoms with E-state index in [2.05, 4.69) is 10.6 Å². The van der Waals surface area contributed by atoms with Crippen LogP contribution in [0.3, 0.4) is 0 Å². The number of carbonyl (C=O) groups excluding carboxylic acids is 1. The third-order valence-corrected chi connectivity index (χ3v) is 3.33. The minimum Gasteiger partial charge on any atom is -0.479 e. The fourth-order valence-electron chi connectivity index (χ4n) is 1.34. The zero-order chi connectivity index (χ0) is 13.5. The van der Waals surface area contributed by atoms with Crippen molar-refractivity contribution < 1.29 is 19.8 Å². The van der Waals surface area contributed by atoms with Crippen molar-refractivity contribution in [2.75, 3.05) is 6.54 Å². The SMILES string of the molecule is CCc1ccsc1CNC(=O)NC[C@H](O)C(=O)O. The second kappa shape index (κ2) is 6.97. The summed E-state index contributed by atoms with van der Waals surface area (Å²) in [7, 11) is 0. The number of aryl methyl sites for hydroxylation is 1. The van der Waals surface area contributed by atoms with Crippen molar-refractivity contribution in [2.24, 2.45) is 0 Å². The Kier molecular flexibility index (Phi) is 5.60. The number of aliphatic hydroxyl groups is 1. The van der Waals surface area contributed by atoms with Gasteiger partial charge in [-0.3, -0.25) is 0 Å². The number of carboxylic acid groups (broad SMARTS) is 1. The van der Waals surface area contributed by atoms with Crippen LogP contribution in [0.25, 0.3) is 0 Å². The Hall–Kier alpha value is -1.60. The molecule has 1 rings (SSSR count). The highest BCUT2D eigenvalue weighted by atomic mass is 32.1. The highest BCUT2D eigenvalue weighted by Crippen LogP contribution is 2.16. The Labute approximate surface area is 109 Å². The van der Waals surface area contributed by atoms with Crippen LogP contribution >= 0.6 is 11.3 Å². The van der Waals surface area contributed by atoms with Gasteiger partial charge in [-0.1, -0.05) is 6.92 Å². The van der Waals surface area contributed by atoms with Crippen molar-refractivity contribution in [3.05, 3.63) is 21.9 Å². The molecule has 100 valence electrons. The van der Waals surface area contributed by atoms with Crippen LogP contribution in [0, 0.1) is 0 Å². The van der Waals surface area contributed by atoms with Crippen molar-refractivity contribution in [3.8, 4) is 0 Å². The number of aliphatic carboxylic acids is 1. The van der Waals surface area contributed by atoms with E-state index in [1.165, 1.54) is 5.56 Å². The van der Waals surface area contributed by atoms with Gasteiger partial charge in [0, 0.05) is 4.88 Å². The number of nitrogens with one attached hydrogen (secondary N) is 2. The Morgan fingerprint density at radius 1 is 1.44 bits per heavy atom. The predicted octanol–water partition coefficient (Wildman–Crippen LogP) is 0.555. The second-order valence-corrected chi connectivity index (χ2v) is 4.64.